The Morgan fingerprint density at radius 1 is 0.778 bits per heavy atom. The fourth-order valence-electron chi connectivity index (χ4n) is 3.50. The van der Waals surface area contributed by atoms with E-state index in [1.807, 2.05) is 5.32 Å². The third kappa shape index (κ3) is 24.1. The molecular weight excluding hydrogens is 594 g/mol. The molecule has 0 aromatic carbocycles. The van der Waals surface area contributed by atoms with Crippen molar-refractivity contribution in [2.45, 2.75) is 75.5 Å². The number of nitrogens with two attached hydrogens (primary N) is 5. The van der Waals surface area contributed by atoms with Crippen molar-refractivity contribution < 1.29 is 39.0 Å². The number of hydrogen-bond acceptors (Lipinski definition) is 12. The van der Waals surface area contributed by atoms with Crippen molar-refractivity contribution in [1.29, 1.82) is 0 Å². The Kier molecular flexibility index (Phi) is 26.5. The van der Waals surface area contributed by atoms with Gasteiger partial charge in [0, 0.05) is 6.54 Å². The van der Waals surface area contributed by atoms with Crippen molar-refractivity contribution in [3.05, 3.63) is 0 Å². The van der Waals surface area contributed by atoms with Crippen LogP contribution in [0.4, 0.5) is 0 Å². The number of unbranched alkanes of at least 4 members (excludes halogenated alkanes) is 2. The van der Waals surface area contributed by atoms with Crippen LogP contribution in [0.5, 0.6) is 0 Å². The highest BCUT2D eigenvalue weighted by Gasteiger charge is 2.25. The molecule has 17 N–H and O–H groups in total. The van der Waals surface area contributed by atoms with E-state index in [0.717, 1.165) is 38.4 Å². The molecular formula is C26H53N11O8. The summed E-state index contributed by atoms with van der Waals surface area (Å²) in [4.78, 5) is 73.6. The summed E-state index contributed by atoms with van der Waals surface area (Å²) in [6.07, 6.45) is 6.00. The SMILES string of the molecule is CNC(CCCCN)C(=O)NC(CCCN=C(N)N)C(=O)NCC(=O)NCC(=O)NC(CO)C(=O)O.NCCCCC(N)C=O. The second-order valence-electron chi connectivity index (χ2n) is 9.86. The lowest BCUT2D eigenvalue weighted by Gasteiger charge is -2.22. The van der Waals surface area contributed by atoms with Crippen molar-refractivity contribution in [3.8, 4) is 0 Å². The number of carbonyl (C=O) groups is 6. The number of guanidine groups is 1. The van der Waals surface area contributed by atoms with Crippen LogP contribution in [0.1, 0.15) is 51.4 Å². The first-order valence-electron chi connectivity index (χ1n) is 14.7. The quantitative estimate of drug-likeness (QED) is 0.0201. The first kappa shape index (κ1) is 43.2. The second-order valence-corrected chi connectivity index (χ2v) is 9.86. The number of hydrogen-bond donors (Lipinski definition) is 12. The molecule has 4 amide bonds. The van der Waals surface area contributed by atoms with Crippen molar-refractivity contribution in [3.63, 3.8) is 0 Å². The molecule has 0 fully saturated rings. The maximum atomic E-state index is 12.7. The number of amides is 4. The molecule has 0 radical (unpaired) electrons. The number of carboxylic acids is 1. The van der Waals surface area contributed by atoms with Crippen molar-refractivity contribution >= 4 is 41.8 Å². The topological polar surface area (TPSA) is 345 Å². The molecule has 0 aliphatic carbocycles. The van der Waals surface area contributed by atoms with E-state index in [0.29, 0.717) is 25.9 Å². The highest BCUT2D eigenvalue weighted by Crippen LogP contribution is 2.04. The summed E-state index contributed by atoms with van der Waals surface area (Å²) < 4.78 is 0. The van der Waals surface area contributed by atoms with E-state index in [2.05, 4.69) is 26.3 Å². The summed E-state index contributed by atoms with van der Waals surface area (Å²) in [6.45, 7) is -0.465. The van der Waals surface area contributed by atoms with E-state index in [-0.39, 0.29) is 25.0 Å². The Labute approximate surface area is 263 Å². The fourth-order valence-corrected chi connectivity index (χ4v) is 3.50. The fraction of sp³-hybridized carbons (Fsp3) is 0.731. The second kappa shape index (κ2) is 27.6. The average molecular weight is 648 g/mol. The van der Waals surface area contributed by atoms with Gasteiger partial charge in [-0.3, -0.25) is 24.2 Å². The zero-order chi connectivity index (χ0) is 34.6. The van der Waals surface area contributed by atoms with E-state index in [1.54, 1.807) is 7.05 Å². The van der Waals surface area contributed by atoms with Gasteiger partial charge in [-0.25, -0.2) is 4.79 Å². The molecule has 260 valence electrons. The lowest BCUT2D eigenvalue weighted by molar-refractivity contribution is -0.142. The molecule has 0 spiro atoms. The third-order valence-corrected chi connectivity index (χ3v) is 6.04. The molecule has 0 saturated heterocycles. The van der Waals surface area contributed by atoms with Gasteiger partial charge < -0.3 is 70.3 Å². The normalized spacial score (nSPS) is 13.0. The minimum absolute atomic E-state index is 0.107. The largest absolute Gasteiger partial charge is 0.480 e. The Bertz CT molecular complexity index is 919. The molecule has 19 heteroatoms. The first-order valence-corrected chi connectivity index (χ1v) is 14.7. The van der Waals surface area contributed by atoms with Crippen LogP contribution in [0.15, 0.2) is 4.99 Å². The minimum Gasteiger partial charge on any atom is -0.480 e. The molecule has 0 aliphatic rings. The van der Waals surface area contributed by atoms with Crippen LogP contribution in [0, 0.1) is 0 Å². The molecule has 0 heterocycles. The van der Waals surface area contributed by atoms with Gasteiger partial charge in [-0.2, -0.15) is 0 Å². The van der Waals surface area contributed by atoms with Gasteiger partial charge in [0.25, 0.3) is 0 Å². The predicted octanol–water partition coefficient (Wildman–Crippen LogP) is -5.32. The first-order chi connectivity index (χ1) is 21.4. The molecule has 4 unspecified atom stereocenters. The molecule has 0 aromatic rings. The number of carbonyl (C=O) groups excluding carboxylic acids is 5. The summed E-state index contributed by atoms with van der Waals surface area (Å²) in [5.41, 5.74) is 26.6. The van der Waals surface area contributed by atoms with Crippen LogP contribution < -0.4 is 55.3 Å². The summed E-state index contributed by atoms with van der Waals surface area (Å²) in [5, 5.41) is 29.9. The molecule has 0 aliphatic heterocycles. The van der Waals surface area contributed by atoms with E-state index in [9.17, 15) is 28.8 Å². The molecule has 19 nitrogen and oxygen atoms in total. The van der Waals surface area contributed by atoms with E-state index in [1.165, 1.54) is 0 Å². The zero-order valence-corrected chi connectivity index (χ0v) is 26.0. The van der Waals surface area contributed by atoms with Crippen molar-refractivity contribution in [1.82, 2.24) is 26.6 Å². The summed E-state index contributed by atoms with van der Waals surface area (Å²) >= 11 is 0. The Morgan fingerprint density at radius 3 is 1.87 bits per heavy atom. The van der Waals surface area contributed by atoms with Gasteiger partial charge in [0.15, 0.2) is 5.96 Å². The summed E-state index contributed by atoms with van der Waals surface area (Å²) in [5.74, 6) is -4.13. The minimum atomic E-state index is -1.51. The number of nitrogens with zero attached hydrogens (tertiary/aromatic N) is 1. The number of aliphatic carboxylic acids is 1. The summed E-state index contributed by atoms with van der Waals surface area (Å²) in [6, 6.07) is -3.31. The lowest BCUT2D eigenvalue weighted by Crippen LogP contribution is -2.53. The lowest BCUT2D eigenvalue weighted by atomic mass is 10.1. The van der Waals surface area contributed by atoms with Crippen LogP contribution in [-0.4, -0.2) is 123 Å². The van der Waals surface area contributed by atoms with Gasteiger partial charge in [0.2, 0.25) is 23.6 Å². The van der Waals surface area contributed by atoms with Crippen LogP contribution in [-0.2, 0) is 28.8 Å². The van der Waals surface area contributed by atoms with Crippen molar-refractivity contribution in [2.24, 2.45) is 33.7 Å². The number of aldehydes is 1. The van der Waals surface area contributed by atoms with E-state index >= 15 is 0 Å². The highest BCUT2D eigenvalue weighted by atomic mass is 16.4. The Hall–Kier alpha value is -3.91. The molecule has 0 rings (SSSR count). The van der Waals surface area contributed by atoms with Gasteiger partial charge in [0.05, 0.1) is 31.8 Å². The summed E-state index contributed by atoms with van der Waals surface area (Å²) in [7, 11) is 1.63. The van der Waals surface area contributed by atoms with Gasteiger partial charge in [-0.1, -0.05) is 12.8 Å². The van der Waals surface area contributed by atoms with Crippen LogP contribution in [0.25, 0.3) is 0 Å². The average Bonchev–Trinajstić information content (AvgIpc) is 3.01. The standard InChI is InChI=1S/C20H39N9O7.C6H14N2O/c1-24-12(5-2-3-7-21)18(34)29-13(6-4-8-25-20(22)23)17(33)27-9-15(31)26-10-16(32)28-14(11-30)19(35)36;7-4-2-1-3-6(8)5-9/h12-14,24,30H,2-11,21H2,1H3,(H,26,31)(H,27,33)(H,28,32)(H,29,34)(H,35,36)(H4,22,23,25);5-6H,1-4,7-8H2. The van der Waals surface area contributed by atoms with Crippen LogP contribution in [0.3, 0.4) is 0 Å². The van der Waals surface area contributed by atoms with Gasteiger partial charge in [-0.05, 0) is 58.7 Å². The van der Waals surface area contributed by atoms with Gasteiger partial charge in [0.1, 0.15) is 18.4 Å². The van der Waals surface area contributed by atoms with E-state index in [4.69, 9.17) is 38.9 Å². The third-order valence-electron chi connectivity index (χ3n) is 6.04. The molecule has 0 saturated carbocycles. The Balaban J connectivity index is 0. The smallest absolute Gasteiger partial charge is 0.328 e. The number of nitrogens with one attached hydrogen (secondary N) is 5. The number of aliphatic hydroxyl groups excluding tert-OH is 1. The number of aliphatic imine (C=N–C) groups is 1. The van der Waals surface area contributed by atoms with Crippen molar-refractivity contribution in [2.75, 3.05) is 46.4 Å². The number of rotatable bonds is 24. The molecule has 0 aromatic heterocycles. The van der Waals surface area contributed by atoms with Gasteiger partial charge in [-0.15, -0.1) is 0 Å². The van der Waals surface area contributed by atoms with Crippen LogP contribution >= 0.6 is 0 Å². The number of aliphatic hydroxyl groups is 1. The number of carboxylic acid groups (broad SMARTS) is 1. The molecule has 45 heavy (non-hydrogen) atoms. The maximum absolute atomic E-state index is 12.7. The highest BCUT2D eigenvalue weighted by molar-refractivity contribution is 5.93. The van der Waals surface area contributed by atoms with E-state index < -0.39 is 67.4 Å². The van der Waals surface area contributed by atoms with Gasteiger partial charge >= 0.3 is 5.97 Å². The monoisotopic (exact) mass is 647 g/mol. The predicted molar refractivity (Wildman–Crippen MR) is 167 cm³/mol. The molecule has 0 bridgehead atoms. The molecule has 4 atom stereocenters. The number of likely N-dealkylation sites (N-methyl/N-ethyl adjacent to an activating group) is 1. The maximum Gasteiger partial charge on any atom is 0.328 e. The van der Waals surface area contributed by atoms with Crippen LogP contribution in [0.2, 0.25) is 0 Å². The Morgan fingerprint density at radius 2 is 1.36 bits per heavy atom. The zero-order valence-electron chi connectivity index (χ0n) is 26.0.